The van der Waals surface area contributed by atoms with Gasteiger partial charge in [0.05, 0.1) is 39.5 Å². The summed E-state index contributed by atoms with van der Waals surface area (Å²) in [5, 5.41) is 4.82. The smallest absolute Gasteiger partial charge is 0.338 e. The zero-order valence-electron chi connectivity index (χ0n) is 24.8. The maximum Gasteiger partial charge on any atom is 0.338 e. The molecule has 0 unspecified atom stereocenters. The molecule has 0 aliphatic rings. The molecule has 1 N–H and O–H groups in total. The number of rotatable bonds is 15. The molecule has 0 spiro atoms. The van der Waals surface area contributed by atoms with Crippen LogP contribution in [0.4, 0.5) is 10.5 Å². The highest BCUT2D eigenvalue weighted by molar-refractivity contribution is 7.10. The van der Waals surface area contributed by atoms with Crippen LogP contribution >= 0.6 is 11.3 Å². The first kappa shape index (κ1) is 32.4. The number of thiophene rings is 1. The lowest BCUT2D eigenvalue weighted by molar-refractivity contribution is -0.132. The van der Waals surface area contributed by atoms with Gasteiger partial charge in [-0.25, -0.2) is 9.59 Å². The Hall–Kier alpha value is -4.09. The van der Waals surface area contributed by atoms with Gasteiger partial charge in [-0.2, -0.15) is 0 Å². The van der Waals surface area contributed by atoms with Crippen molar-refractivity contribution in [1.82, 2.24) is 9.80 Å². The van der Waals surface area contributed by atoms with Gasteiger partial charge in [0.25, 0.3) is 0 Å². The second-order valence-corrected chi connectivity index (χ2v) is 10.4. The van der Waals surface area contributed by atoms with E-state index in [-0.39, 0.29) is 32.2 Å². The topological polar surface area (TPSA) is 107 Å². The summed E-state index contributed by atoms with van der Waals surface area (Å²) in [6, 6.07) is 13.7. The van der Waals surface area contributed by atoms with Crippen LogP contribution in [0.25, 0.3) is 0 Å². The molecule has 1 heterocycles. The largest absolute Gasteiger partial charge is 0.493 e. The lowest BCUT2D eigenvalue weighted by Gasteiger charge is -2.28. The van der Waals surface area contributed by atoms with Crippen molar-refractivity contribution in [3.8, 4) is 11.5 Å². The molecular formula is C31H39N3O7S. The molecule has 3 amide bonds. The number of esters is 1. The Labute approximate surface area is 251 Å². The number of hydrogen-bond donors (Lipinski definition) is 1. The molecule has 0 aliphatic heterocycles. The molecule has 226 valence electrons. The van der Waals surface area contributed by atoms with Crippen molar-refractivity contribution in [2.24, 2.45) is 0 Å². The highest BCUT2D eigenvalue weighted by Crippen LogP contribution is 2.28. The van der Waals surface area contributed by atoms with E-state index in [0.29, 0.717) is 42.3 Å². The minimum atomic E-state index is -0.448. The molecule has 2 aromatic carbocycles. The molecule has 0 fully saturated rings. The van der Waals surface area contributed by atoms with Crippen LogP contribution in [-0.4, -0.2) is 81.9 Å². The zero-order chi connectivity index (χ0) is 30.5. The predicted molar refractivity (Wildman–Crippen MR) is 163 cm³/mol. The number of amides is 3. The third-order valence-electron chi connectivity index (χ3n) is 6.60. The Morgan fingerprint density at radius 2 is 1.64 bits per heavy atom. The van der Waals surface area contributed by atoms with Gasteiger partial charge < -0.3 is 34.1 Å². The molecule has 3 aromatic rings. The van der Waals surface area contributed by atoms with Crippen LogP contribution in [-0.2, 0) is 27.2 Å². The van der Waals surface area contributed by atoms with E-state index in [1.807, 2.05) is 36.6 Å². The predicted octanol–water partition coefficient (Wildman–Crippen LogP) is 5.00. The number of aryl methyl sites for hydroxylation is 1. The van der Waals surface area contributed by atoms with Crippen molar-refractivity contribution in [3.05, 3.63) is 75.5 Å². The Kier molecular flexibility index (Phi) is 12.6. The number of anilines is 1. The fraction of sp³-hybridized carbons (Fsp3) is 0.387. The Balaban J connectivity index is 1.74. The maximum atomic E-state index is 13.7. The number of carbonyl (C=O) groups is 3. The van der Waals surface area contributed by atoms with Crippen LogP contribution in [0.5, 0.6) is 11.5 Å². The van der Waals surface area contributed by atoms with Crippen LogP contribution in [0, 0.1) is 6.92 Å². The average Bonchev–Trinajstić information content (AvgIpc) is 3.41. The second kappa shape index (κ2) is 16.4. The highest BCUT2D eigenvalue weighted by Gasteiger charge is 2.23. The summed E-state index contributed by atoms with van der Waals surface area (Å²) in [6.07, 6.45) is 0.591. The number of ether oxygens (including phenoxy) is 4. The second-order valence-electron chi connectivity index (χ2n) is 9.42. The van der Waals surface area contributed by atoms with Crippen LogP contribution in [0.15, 0.2) is 53.9 Å². The zero-order valence-corrected chi connectivity index (χ0v) is 25.6. The first-order valence-electron chi connectivity index (χ1n) is 13.6. The summed E-state index contributed by atoms with van der Waals surface area (Å²) in [5.41, 5.74) is 2.98. The number of benzene rings is 2. The lowest BCUT2D eigenvalue weighted by Crippen LogP contribution is -2.46. The van der Waals surface area contributed by atoms with E-state index in [2.05, 4.69) is 5.32 Å². The monoisotopic (exact) mass is 597 g/mol. The minimum absolute atomic E-state index is 0.132. The summed E-state index contributed by atoms with van der Waals surface area (Å²) in [7, 11) is 4.72. The summed E-state index contributed by atoms with van der Waals surface area (Å²) in [6.45, 7) is 5.26. The fourth-order valence-corrected chi connectivity index (χ4v) is 5.08. The SMILES string of the molecule is CCOC(=O)c1ccc(NC(=O)N(CCOC)CC(=O)N(CCc2ccc(OC)c(OC)c2)Cc2sccc2C)cc1. The van der Waals surface area contributed by atoms with E-state index in [4.69, 9.17) is 18.9 Å². The number of carbonyl (C=O) groups excluding carboxylic acids is 3. The molecule has 0 saturated carbocycles. The van der Waals surface area contributed by atoms with Gasteiger partial charge in [0.15, 0.2) is 11.5 Å². The molecule has 42 heavy (non-hydrogen) atoms. The first-order valence-corrected chi connectivity index (χ1v) is 14.5. The fourth-order valence-electron chi connectivity index (χ4n) is 4.16. The van der Waals surface area contributed by atoms with Crippen LogP contribution in [0.3, 0.4) is 0 Å². The molecule has 11 heteroatoms. The third kappa shape index (κ3) is 9.22. The number of urea groups is 1. The Morgan fingerprint density at radius 1 is 0.905 bits per heavy atom. The molecule has 0 saturated heterocycles. The quantitative estimate of drug-likeness (QED) is 0.246. The van der Waals surface area contributed by atoms with Gasteiger partial charge in [-0.1, -0.05) is 6.07 Å². The van der Waals surface area contributed by atoms with Crippen molar-refractivity contribution in [1.29, 1.82) is 0 Å². The third-order valence-corrected chi connectivity index (χ3v) is 7.61. The highest BCUT2D eigenvalue weighted by atomic mass is 32.1. The van der Waals surface area contributed by atoms with Crippen molar-refractivity contribution in [2.75, 3.05) is 59.5 Å². The van der Waals surface area contributed by atoms with Gasteiger partial charge in [-0.05, 0) is 79.2 Å². The van der Waals surface area contributed by atoms with Gasteiger partial charge in [0.2, 0.25) is 5.91 Å². The number of hydrogen-bond acceptors (Lipinski definition) is 8. The standard InChI is InChI=1S/C31H39N3O7S/c1-6-41-30(36)24-8-10-25(11-9-24)32-31(37)34(16-17-38-3)21-29(35)33(20-28-22(2)14-18-42-28)15-13-23-7-12-26(39-4)27(19-23)40-5/h7-12,14,18-19H,6,13,15-17,20-21H2,1-5H3,(H,32,37). The molecule has 0 aliphatic carbocycles. The van der Waals surface area contributed by atoms with Gasteiger partial charge in [0.1, 0.15) is 6.54 Å². The van der Waals surface area contributed by atoms with Gasteiger partial charge >= 0.3 is 12.0 Å². The molecular weight excluding hydrogens is 558 g/mol. The summed E-state index contributed by atoms with van der Waals surface area (Å²) < 4.78 is 21.0. The van der Waals surface area contributed by atoms with Crippen molar-refractivity contribution in [2.45, 2.75) is 26.8 Å². The van der Waals surface area contributed by atoms with Gasteiger partial charge in [0, 0.05) is 30.8 Å². The number of nitrogens with zero attached hydrogens (tertiary/aromatic N) is 2. The Morgan fingerprint density at radius 3 is 2.26 bits per heavy atom. The Bertz CT molecular complexity index is 1330. The summed E-state index contributed by atoms with van der Waals surface area (Å²) in [4.78, 5) is 43.2. The molecule has 0 radical (unpaired) electrons. The van der Waals surface area contributed by atoms with Crippen LogP contribution in [0.2, 0.25) is 0 Å². The van der Waals surface area contributed by atoms with Crippen LogP contribution < -0.4 is 14.8 Å². The lowest BCUT2D eigenvalue weighted by atomic mass is 10.1. The van der Waals surface area contributed by atoms with E-state index in [1.165, 1.54) is 4.90 Å². The molecule has 10 nitrogen and oxygen atoms in total. The number of nitrogens with one attached hydrogen (secondary N) is 1. The maximum absolute atomic E-state index is 13.7. The molecule has 1 aromatic heterocycles. The van der Waals surface area contributed by atoms with E-state index in [9.17, 15) is 14.4 Å². The molecule has 3 rings (SSSR count). The normalized spacial score (nSPS) is 10.6. The van der Waals surface area contributed by atoms with Crippen LogP contribution in [0.1, 0.15) is 33.3 Å². The number of methoxy groups -OCH3 is 3. The molecule has 0 atom stereocenters. The summed E-state index contributed by atoms with van der Waals surface area (Å²) >= 11 is 1.60. The van der Waals surface area contributed by atoms with Gasteiger partial charge in [-0.15, -0.1) is 11.3 Å². The van der Waals surface area contributed by atoms with Crippen molar-refractivity contribution >= 4 is 34.9 Å². The van der Waals surface area contributed by atoms with E-state index >= 15 is 0 Å². The van der Waals surface area contributed by atoms with Crippen molar-refractivity contribution < 1.29 is 33.3 Å². The average molecular weight is 598 g/mol. The summed E-state index contributed by atoms with van der Waals surface area (Å²) in [5.74, 6) is 0.641. The molecule has 0 bridgehead atoms. The van der Waals surface area contributed by atoms with E-state index in [0.717, 1.165) is 16.0 Å². The first-order chi connectivity index (χ1) is 20.3. The van der Waals surface area contributed by atoms with Gasteiger partial charge in [-0.3, -0.25) is 4.79 Å². The minimum Gasteiger partial charge on any atom is -0.493 e. The van der Waals surface area contributed by atoms with Crippen molar-refractivity contribution in [3.63, 3.8) is 0 Å². The van der Waals surface area contributed by atoms with E-state index < -0.39 is 12.0 Å². The van der Waals surface area contributed by atoms with E-state index in [1.54, 1.807) is 68.8 Å².